The van der Waals surface area contributed by atoms with Crippen molar-refractivity contribution in [2.24, 2.45) is 0 Å². The number of unbranched alkanes of at least 4 members (excludes halogenated alkanes) is 1. The number of rotatable bonds is 8. The molecule has 0 atom stereocenters. The van der Waals surface area contributed by atoms with E-state index >= 15 is 0 Å². The Hall–Kier alpha value is -1.55. The van der Waals surface area contributed by atoms with Crippen molar-refractivity contribution in [3.63, 3.8) is 0 Å². The fraction of sp³-hybridized carbons (Fsp3) is 0.500. The van der Waals surface area contributed by atoms with E-state index in [0.29, 0.717) is 30.0 Å². The zero-order valence-electron chi connectivity index (χ0n) is 12.7. The Morgan fingerprint density at radius 2 is 1.86 bits per heavy atom. The maximum Gasteiger partial charge on any atom is 0.251 e. The summed E-state index contributed by atoms with van der Waals surface area (Å²) in [6.07, 6.45) is 3.21. The van der Waals surface area contributed by atoms with Gasteiger partial charge in [-0.25, -0.2) is 0 Å². The first-order valence-electron chi connectivity index (χ1n) is 7.32. The Morgan fingerprint density at radius 1 is 1.19 bits per heavy atom. The van der Waals surface area contributed by atoms with Crippen LogP contribution in [0.15, 0.2) is 24.3 Å². The van der Waals surface area contributed by atoms with Crippen LogP contribution in [0.5, 0.6) is 0 Å². The number of hydrogen-bond acceptors (Lipinski definition) is 2. The number of carbonyl (C=O) groups excluding carboxylic acids is 2. The van der Waals surface area contributed by atoms with E-state index in [2.05, 4.69) is 12.2 Å². The van der Waals surface area contributed by atoms with Crippen molar-refractivity contribution in [3.05, 3.63) is 34.9 Å². The fourth-order valence-electron chi connectivity index (χ4n) is 1.86. The molecule has 0 aliphatic carbocycles. The van der Waals surface area contributed by atoms with E-state index in [9.17, 15) is 9.59 Å². The van der Waals surface area contributed by atoms with Crippen molar-refractivity contribution in [3.8, 4) is 0 Å². The molecule has 21 heavy (non-hydrogen) atoms. The molecule has 0 aromatic heterocycles. The van der Waals surface area contributed by atoms with Gasteiger partial charge in [-0.05, 0) is 37.1 Å². The Labute approximate surface area is 131 Å². The number of amides is 2. The number of nitrogens with zero attached hydrogens (tertiary/aromatic N) is 1. The molecule has 5 heteroatoms. The molecule has 0 spiro atoms. The summed E-state index contributed by atoms with van der Waals surface area (Å²) in [6, 6.07) is 6.73. The van der Waals surface area contributed by atoms with Crippen molar-refractivity contribution < 1.29 is 9.59 Å². The monoisotopic (exact) mass is 310 g/mol. The van der Waals surface area contributed by atoms with Gasteiger partial charge in [-0.1, -0.05) is 24.9 Å². The smallest absolute Gasteiger partial charge is 0.251 e. The van der Waals surface area contributed by atoms with Crippen molar-refractivity contribution in [2.75, 3.05) is 20.1 Å². The van der Waals surface area contributed by atoms with Gasteiger partial charge in [0.1, 0.15) is 0 Å². The maximum absolute atomic E-state index is 11.8. The lowest BCUT2D eigenvalue weighted by Gasteiger charge is -2.16. The van der Waals surface area contributed by atoms with Crippen LogP contribution in [0.4, 0.5) is 0 Å². The van der Waals surface area contributed by atoms with Crippen molar-refractivity contribution in [2.45, 2.75) is 32.6 Å². The second-order valence-electron chi connectivity index (χ2n) is 5.04. The highest BCUT2D eigenvalue weighted by molar-refractivity contribution is 6.30. The number of halogens is 1. The molecule has 0 heterocycles. The van der Waals surface area contributed by atoms with Gasteiger partial charge in [0.15, 0.2) is 0 Å². The highest BCUT2D eigenvalue weighted by Crippen LogP contribution is 2.09. The van der Waals surface area contributed by atoms with Crippen LogP contribution in [0.25, 0.3) is 0 Å². The zero-order chi connectivity index (χ0) is 15.7. The summed E-state index contributed by atoms with van der Waals surface area (Å²) < 4.78 is 0. The van der Waals surface area contributed by atoms with Crippen LogP contribution in [0.1, 0.15) is 43.0 Å². The normalized spacial score (nSPS) is 10.2. The molecular formula is C16H23ClN2O2. The van der Waals surface area contributed by atoms with Crippen LogP contribution in [-0.4, -0.2) is 36.9 Å². The van der Waals surface area contributed by atoms with E-state index in [1.807, 2.05) is 7.05 Å². The molecule has 0 aliphatic rings. The molecule has 0 aliphatic heterocycles. The highest BCUT2D eigenvalue weighted by Gasteiger charge is 2.08. The standard InChI is InChI=1S/C16H23ClN2O2/c1-3-4-12-19(2)15(20)6-5-11-18-16(21)13-7-9-14(17)10-8-13/h7-10H,3-6,11-12H2,1-2H3,(H,18,21). The van der Waals surface area contributed by atoms with E-state index in [4.69, 9.17) is 11.6 Å². The topological polar surface area (TPSA) is 49.4 Å². The summed E-state index contributed by atoms with van der Waals surface area (Å²) in [7, 11) is 1.82. The molecule has 1 aromatic rings. The van der Waals surface area contributed by atoms with Gasteiger partial charge in [0.2, 0.25) is 5.91 Å². The molecule has 116 valence electrons. The molecule has 0 bridgehead atoms. The van der Waals surface area contributed by atoms with Crippen LogP contribution >= 0.6 is 11.6 Å². The van der Waals surface area contributed by atoms with Gasteiger partial charge in [-0.2, -0.15) is 0 Å². The third kappa shape index (κ3) is 6.63. The lowest BCUT2D eigenvalue weighted by atomic mass is 10.2. The van der Waals surface area contributed by atoms with Gasteiger partial charge in [-0.3, -0.25) is 9.59 Å². The van der Waals surface area contributed by atoms with Gasteiger partial charge in [-0.15, -0.1) is 0 Å². The summed E-state index contributed by atoms with van der Waals surface area (Å²) in [4.78, 5) is 25.4. The molecule has 0 saturated carbocycles. The second kappa shape index (κ2) is 9.40. The van der Waals surface area contributed by atoms with E-state index in [1.54, 1.807) is 29.2 Å². The second-order valence-corrected chi connectivity index (χ2v) is 5.47. The molecule has 1 N–H and O–H groups in total. The Balaban J connectivity index is 2.23. The molecule has 4 nitrogen and oxygen atoms in total. The van der Waals surface area contributed by atoms with Crippen LogP contribution in [0, 0.1) is 0 Å². The van der Waals surface area contributed by atoms with E-state index < -0.39 is 0 Å². The molecule has 2 amide bonds. The predicted octanol–water partition coefficient (Wildman–Crippen LogP) is 3.11. The quantitative estimate of drug-likeness (QED) is 0.750. The van der Waals surface area contributed by atoms with Gasteiger partial charge < -0.3 is 10.2 Å². The minimum absolute atomic E-state index is 0.129. The van der Waals surface area contributed by atoms with E-state index in [0.717, 1.165) is 19.4 Å². The molecule has 1 aromatic carbocycles. The van der Waals surface area contributed by atoms with Crippen molar-refractivity contribution in [1.82, 2.24) is 10.2 Å². The first-order valence-corrected chi connectivity index (χ1v) is 7.70. The van der Waals surface area contributed by atoms with Gasteiger partial charge >= 0.3 is 0 Å². The highest BCUT2D eigenvalue weighted by atomic mass is 35.5. The fourth-order valence-corrected chi connectivity index (χ4v) is 1.98. The van der Waals surface area contributed by atoms with E-state index in [1.165, 1.54) is 0 Å². The van der Waals surface area contributed by atoms with Gasteiger partial charge in [0.05, 0.1) is 0 Å². The first-order chi connectivity index (χ1) is 10.0. The summed E-state index contributed by atoms with van der Waals surface area (Å²) in [5.41, 5.74) is 0.575. The SMILES string of the molecule is CCCCN(C)C(=O)CCCNC(=O)c1ccc(Cl)cc1. The number of hydrogen-bond donors (Lipinski definition) is 1. The molecule has 0 unspecified atom stereocenters. The number of benzene rings is 1. The van der Waals surface area contributed by atoms with Gasteiger partial charge in [0.25, 0.3) is 5.91 Å². The molecule has 0 radical (unpaired) electrons. The minimum atomic E-state index is -0.140. The zero-order valence-corrected chi connectivity index (χ0v) is 13.4. The summed E-state index contributed by atoms with van der Waals surface area (Å²) in [5.74, 6) is -0.0114. The molecule has 0 fully saturated rings. The van der Waals surface area contributed by atoms with Crippen molar-refractivity contribution >= 4 is 23.4 Å². The number of carbonyl (C=O) groups is 2. The summed E-state index contributed by atoms with van der Waals surface area (Å²) >= 11 is 5.77. The van der Waals surface area contributed by atoms with Crippen molar-refractivity contribution in [1.29, 1.82) is 0 Å². The lowest BCUT2D eigenvalue weighted by molar-refractivity contribution is -0.130. The van der Waals surface area contributed by atoms with Crippen LogP contribution in [-0.2, 0) is 4.79 Å². The van der Waals surface area contributed by atoms with Crippen LogP contribution < -0.4 is 5.32 Å². The van der Waals surface area contributed by atoms with Crippen LogP contribution in [0.2, 0.25) is 5.02 Å². The van der Waals surface area contributed by atoms with E-state index in [-0.39, 0.29) is 11.8 Å². The third-order valence-corrected chi connectivity index (χ3v) is 3.48. The average molecular weight is 311 g/mol. The number of nitrogens with one attached hydrogen (secondary N) is 1. The largest absolute Gasteiger partial charge is 0.352 e. The molecule has 0 saturated heterocycles. The maximum atomic E-state index is 11.8. The summed E-state index contributed by atoms with van der Waals surface area (Å²) in [6.45, 7) is 3.39. The summed E-state index contributed by atoms with van der Waals surface area (Å²) in [5, 5.41) is 3.41. The lowest BCUT2D eigenvalue weighted by Crippen LogP contribution is -2.29. The first kappa shape index (κ1) is 17.5. The average Bonchev–Trinajstić information content (AvgIpc) is 2.49. The Bertz CT molecular complexity index is 460. The Morgan fingerprint density at radius 3 is 2.48 bits per heavy atom. The van der Waals surface area contributed by atoms with Gasteiger partial charge in [0, 0.05) is 37.1 Å². The minimum Gasteiger partial charge on any atom is -0.352 e. The van der Waals surface area contributed by atoms with Crippen LogP contribution in [0.3, 0.4) is 0 Å². The third-order valence-electron chi connectivity index (χ3n) is 3.23. The predicted molar refractivity (Wildman–Crippen MR) is 85.6 cm³/mol. The Kier molecular flexibility index (Phi) is 7.83. The molecule has 1 rings (SSSR count). The molecular weight excluding hydrogens is 288 g/mol.